The fourth-order valence-electron chi connectivity index (χ4n) is 1.50. The molecule has 0 N–H and O–H groups in total. The molecule has 0 saturated heterocycles. The highest BCUT2D eigenvalue weighted by Crippen LogP contribution is 2.27. The van der Waals surface area contributed by atoms with Gasteiger partial charge in [-0.05, 0) is 39.1 Å². The lowest BCUT2D eigenvalue weighted by atomic mass is 10.2. The molecule has 1 aliphatic carbocycles. The third kappa shape index (κ3) is 2.66. The van der Waals surface area contributed by atoms with Gasteiger partial charge in [-0.15, -0.1) is 0 Å². The molecule has 1 nitrogen and oxygen atoms in total. The lowest BCUT2D eigenvalue weighted by Crippen LogP contribution is -2.31. The van der Waals surface area contributed by atoms with Crippen LogP contribution in [0.3, 0.4) is 0 Å². The molecule has 1 aliphatic rings. The molecule has 0 amide bonds. The lowest BCUT2D eigenvalue weighted by molar-refractivity contribution is 0.279. The molecule has 0 aromatic heterocycles. The molecular formula is C10H20OSi2. The van der Waals surface area contributed by atoms with Crippen LogP contribution >= 0.6 is 0 Å². The van der Waals surface area contributed by atoms with Crippen molar-refractivity contribution in [1.82, 2.24) is 0 Å². The second kappa shape index (κ2) is 3.55. The fourth-order valence-corrected chi connectivity index (χ4v) is 3.21. The first-order chi connectivity index (χ1) is 5.81. The second-order valence-electron chi connectivity index (χ2n) is 4.81. The van der Waals surface area contributed by atoms with Gasteiger partial charge in [0.15, 0.2) is 8.32 Å². The first kappa shape index (κ1) is 11.0. The van der Waals surface area contributed by atoms with E-state index >= 15 is 0 Å². The van der Waals surface area contributed by atoms with Crippen molar-refractivity contribution in [2.75, 3.05) is 0 Å². The Balaban J connectivity index is 2.77. The number of allylic oxidation sites excluding steroid dienone is 2. The second-order valence-corrected chi connectivity index (χ2v) is 10.3. The predicted molar refractivity (Wildman–Crippen MR) is 64.6 cm³/mol. The van der Waals surface area contributed by atoms with Crippen molar-refractivity contribution in [2.24, 2.45) is 0 Å². The van der Waals surface area contributed by atoms with E-state index in [1.54, 1.807) is 0 Å². The van der Waals surface area contributed by atoms with Gasteiger partial charge in [0.05, 0.1) is 6.10 Å². The Labute approximate surface area is 85.4 Å². The zero-order valence-electron chi connectivity index (χ0n) is 9.56. The number of hydrogen-bond donors (Lipinski definition) is 0. The highest BCUT2D eigenvalue weighted by molar-refractivity contribution is 6.69. The molecule has 0 fully saturated rings. The molecule has 13 heavy (non-hydrogen) atoms. The van der Waals surface area contributed by atoms with E-state index in [4.69, 9.17) is 4.43 Å². The van der Waals surface area contributed by atoms with Crippen molar-refractivity contribution >= 4 is 18.6 Å². The highest BCUT2D eigenvalue weighted by Gasteiger charge is 2.25. The molecule has 0 aromatic rings. The van der Waals surface area contributed by atoms with E-state index in [1.807, 2.05) is 0 Å². The summed E-state index contributed by atoms with van der Waals surface area (Å²) in [5.41, 5.74) is 2.89. The average Bonchev–Trinajstić information content (AvgIpc) is 2.15. The molecule has 0 heterocycles. The molecule has 1 atom stereocenters. The minimum absolute atomic E-state index is 0.291. The van der Waals surface area contributed by atoms with Gasteiger partial charge in [0, 0.05) is 10.2 Å². The van der Waals surface area contributed by atoms with E-state index < -0.39 is 8.32 Å². The summed E-state index contributed by atoms with van der Waals surface area (Å²) in [5.74, 6) is 0. The summed E-state index contributed by atoms with van der Waals surface area (Å²) in [6, 6.07) is 0. The van der Waals surface area contributed by atoms with Crippen LogP contribution in [-0.2, 0) is 4.43 Å². The van der Waals surface area contributed by atoms with Crippen molar-refractivity contribution in [3.05, 3.63) is 22.4 Å². The zero-order valence-corrected chi connectivity index (χ0v) is 12.6. The van der Waals surface area contributed by atoms with Gasteiger partial charge in [-0.2, -0.15) is 0 Å². The molecule has 0 bridgehead atoms. The van der Waals surface area contributed by atoms with Crippen LogP contribution in [0.25, 0.3) is 0 Å². The quantitative estimate of drug-likeness (QED) is 0.634. The van der Waals surface area contributed by atoms with Crippen LogP contribution in [0.2, 0.25) is 19.6 Å². The average molecular weight is 212 g/mol. The van der Waals surface area contributed by atoms with Crippen molar-refractivity contribution in [2.45, 2.75) is 39.6 Å². The summed E-state index contributed by atoms with van der Waals surface area (Å²) >= 11 is 0. The van der Waals surface area contributed by atoms with Crippen LogP contribution in [0.15, 0.2) is 22.4 Å². The van der Waals surface area contributed by atoms with E-state index in [0.29, 0.717) is 6.10 Å². The fraction of sp³-hybridized carbons (Fsp3) is 0.600. The molecular weight excluding hydrogens is 192 g/mol. The molecule has 1 rings (SSSR count). The Bertz CT molecular complexity index is 271. The maximum atomic E-state index is 6.08. The largest absolute Gasteiger partial charge is 0.408 e. The zero-order chi connectivity index (χ0) is 10.2. The molecule has 3 heteroatoms. The topological polar surface area (TPSA) is 9.23 Å². The van der Waals surface area contributed by atoms with Gasteiger partial charge in [-0.1, -0.05) is 16.8 Å². The Morgan fingerprint density at radius 1 is 1.31 bits per heavy atom. The minimum Gasteiger partial charge on any atom is -0.408 e. The predicted octanol–water partition coefficient (Wildman–Crippen LogP) is 1.81. The van der Waals surface area contributed by atoms with E-state index in [-0.39, 0.29) is 0 Å². The van der Waals surface area contributed by atoms with E-state index in [1.165, 1.54) is 16.3 Å². The van der Waals surface area contributed by atoms with Gasteiger partial charge in [0.25, 0.3) is 0 Å². The molecule has 0 aromatic carbocycles. The van der Waals surface area contributed by atoms with Crippen molar-refractivity contribution in [1.29, 1.82) is 0 Å². The van der Waals surface area contributed by atoms with Crippen LogP contribution in [0.1, 0.15) is 13.8 Å². The molecule has 0 saturated carbocycles. The molecule has 1 unspecified atom stereocenters. The summed E-state index contributed by atoms with van der Waals surface area (Å²) < 4.78 is 6.08. The smallest absolute Gasteiger partial charge is 0.185 e. The van der Waals surface area contributed by atoms with Crippen LogP contribution in [0, 0.1) is 0 Å². The van der Waals surface area contributed by atoms with E-state index in [0.717, 1.165) is 10.2 Å². The standard InChI is InChI=1S/C10H20OSi2/c1-7-8(2)10(12)6-9(7)11-13(3,4)5/h6,9H,1-5,12H3. The van der Waals surface area contributed by atoms with Crippen LogP contribution in [0.5, 0.6) is 0 Å². The van der Waals surface area contributed by atoms with Gasteiger partial charge in [-0.25, -0.2) is 0 Å². The van der Waals surface area contributed by atoms with E-state index in [2.05, 4.69) is 39.6 Å². The summed E-state index contributed by atoms with van der Waals surface area (Å²) in [5, 5.41) is 1.51. The highest BCUT2D eigenvalue weighted by atomic mass is 28.4. The SMILES string of the molecule is CC1=C(C)C(O[Si](C)(C)C)C=C1[SiH3]. The molecule has 74 valence electrons. The van der Waals surface area contributed by atoms with Crippen molar-refractivity contribution in [3.8, 4) is 0 Å². The van der Waals surface area contributed by atoms with Gasteiger partial charge in [-0.3, -0.25) is 0 Å². The Hall–Kier alpha value is -0.126. The Morgan fingerprint density at radius 2 is 1.85 bits per heavy atom. The normalized spacial score (nSPS) is 24.1. The van der Waals surface area contributed by atoms with Crippen LogP contribution in [-0.4, -0.2) is 24.7 Å². The van der Waals surface area contributed by atoms with Gasteiger partial charge < -0.3 is 4.43 Å². The van der Waals surface area contributed by atoms with Gasteiger partial charge in [0.2, 0.25) is 0 Å². The molecule has 0 radical (unpaired) electrons. The van der Waals surface area contributed by atoms with Crippen LogP contribution in [0.4, 0.5) is 0 Å². The monoisotopic (exact) mass is 212 g/mol. The van der Waals surface area contributed by atoms with Crippen molar-refractivity contribution in [3.63, 3.8) is 0 Å². The third-order valence-electron chi connectivity index (χ3n) is 2.49. The molecule has 0 spiro atoms. The summed E-state index contributed by atoms with van der Waals surface area (Å²) in [6.45, 7) is 11.1. The minimum atomic E-state index is -1.39. The first-order valence-electron chi connectivity index (χ1n) is 4.85. The Morgan fingerprint density at radius 3 is 2.15 bits per heavy atom. The number of rotatable bonds is 2. The molecule has 0 aliphatic heterocycles. The van der Waals surface area contributed by atoms with Crippen LogP contribution < -0.4 is 0 Å². The number of hydrogen-bond acceptors (Lipinski definition) is 1. The summed E-state index contributed by atoms with van der Waals surface area (Å²) in [7, 11) is -0.243. The van der Waals surface area contributed by atoms with E-state index in [9.17, 15) is 0 Å². The third-order valence-corrected chi connectivity index (χ3v) is 4.54. The summed E-state index contributed by atoms with van der Waals surface area (Å²) in [6.07, 6.45) is 2.59. The van der Waals surface area contributed by atoms with Gasteiger partial charge >= 0.3 is 0 Å². The van der Waals surface area contributed by atoms with Gasteiger partial charge in [0.1, 0.15) is 0 Å². The maximum Gasteiger partial charge on any atom is 0.185 e. The maximum absolute atomic E-state index is 6.08. The Kier molecular flexibility index (Phi) is 2.99. The summed E-state index contributed by atoms with van der Waals surface area (Å²) in [4.78, 5) is 0. The van der Waals surface area contributed by atoms with Crippen molar-refractivity contribution < 1.29 is 4.43 Å². The lowest BCUT2D eigenvalue weighted by Gasteiger charge is -2.23. The first-order valence-corrected chi connectivity index (χ1v) is 9.26.